The average molecular weight is 214 g/mol. The summed E-state index contributed by atoms with van der Waals surface area (Å²) in [5.41, 5.74) is 1.14. The van der Waals surface area contributed by atoms with E-state index in [9.17, 15) is 0 Å². The van der Waals surface area contributed by atoms with E-state index in [0.717, 1.165) is 5.66 Å². The Balaban J connectivity index is 2.04. The van der Waals surface area contributed by atoms with Gasteiger partial charge in [0.25, 0.3) is 0 Å². The Bertz CT molecular complexity index is 127. The first-order chi connectivity index (χ1) is 6.84. The highest BCUT2D eigenvalue weighted by Gasteiger charge is 2.18. The van der Waals surface area contributed by atoms with Crippen molar-refractivity contribution in [2.45, 2.75) is 70.4 Å². The molecule has 1 fully saturated rings. The van der Waals surface area contributed by atoms with E-state index in [2.05, 4.69) is 13.6 Å². The normalized spacial score (nSPS) is 21.0. The molecule has 0 radical (unpaired) electrons. The first-order valence-corrected chi connectivity index (χ1v) is 8.59. The molecule has 0 bridgehead atoms. The van der Waals surface area contributed by atoms with Crippen LogP contribution in [-0.4, -0.2) is 18.5 Å². The minimum Gasteiger partial charge on any atom is -0.107 e. The number of unbranched alkanes of at least 4 members (excludes halogenated alkanes) is 3. The van der Waals surface area contributed by atoms with Gasteiger partial charge in [-0.3, -0.25) is 0 Å². The highest BCUT2D eigenvalue weighted by atomic mass is 31.1. The zero-order valence-corrected chi connectivity index (χ0v) is 11.0. The Morgan fingerprint density at radius 1 is 1.00 bits per heavy atom. The summed E-state index contributed by atoms with van der Waals surface area (Å²) in [4.78, 5) is 0. The summed E-state index contributed by atoms with van der Waals surface area (Å²) in [6.07, 6.45) is 15.0. The van der Waals surface area contributed by atoms with Gasteiger partial charge in [-0.15, -0.1) is 7.92 Å². The van der Waals surface area contributed by atoms with Gasteiger partial charge in [0.15, 0.2) is 0 Å². The minimum absolute atomic E-state index is 0.385. The zero-order valence-electron chi connectivity index (χ0n) is 10.1. The van der Waals surface area contributed by atoms with E-state index >= 15 is 0 Å². The van der Waals surface area contributed by atoms with E-state index in [0.29, 0.717) is 7.92 Å². The molecule has 0 N–H and O–H groups in total. The van der Waals surface area contributed by atoms with Gasteiger partial charge in [0.2, 0.25) is 0 Å². The molecule has 0 heterocycles. The summed E-state index contributed by atoms with van der Waals surface area (Å²) in [7, 11) is 0.385. The number of rotatable bonds is 6. The molecule has 1 aliphatic rings. The summed E-state index contributed by atoms with van der Waals surface area (Å²) in [6.45, 7) is 4.85. The lowest BCUT2D eigenvalue weighted by Gasteiger charge is -2.28. The van der Waals surface area contributed by atoms with Crippen LogP contribution in [0.15, 0.2) is 0 Å². The topological polar surface area (TPSA) is 0 Å². The van der Waals surface area contributed by atoms with E-state index in [1.54, 1.807) is 19.0 Å². The molecule has 0 spiro atoms. The Morgan fingerprint density at radius 3 is 2.36 bits per heavy atom. The first-order valence-electron chi connectivity index (χ1n) is 6.55. The van der Waals surface area contributed by atoms with Crippen molar-refractivity contribution in [1.29, 1.82) is 0 Å². The summed E-state index contributed by atoms with van der Waals surface area (Å²) in [6, 6.07) is 0. The fourth-order valence-corrected chi connectivity index (χ4v) is 4.83. The summed E-state index contributed by atoms with van der Waals surface area (Å²) < 4.78 is 0. The van der Waals surface area contributed by atoms with Gasteiger partial charge >= 0.3 is 0 Å². The molecule has 0 aromatic rings. The van der Waals surface area contributed by atoms with E-state index in [-0.39, 0.29) is 0 Å². The average Bonchev–Trinajstić information content (AvgIpc) is 2.25. The third kappa shape index (κ3) is 4.78. The lowest BCUT2D eigenvalue weighted by molar-refractivity contribution is 0.510. The summed E-state index contributed by atoms with van der Waals surface area (Å²) in [5, 5.41) is 0. The SMILES string of the molecule is CCCCCCP(C)C1CCCCC1. The Labute approximate surface area is 91.6 Å². The molecule has 0 aromatic heterocycles. The molecular formula is C13H27P. The van der Waals surface area contributed by atoms with Gasteiger partial charge in [-0.25, -0.2) is 0 Å². The summed E-state index contributed by atoms with van der Waals surface area (Å²) in [5.74, 6) is 0. The summed E-state index contributed by atoms with van der Waals surface area (Å²) >= 11 is 0. The monoisotopic (exact) mass is 214 g/mol. The molecule has 0 amide bonds. The van der Waals surface area contributed by atoms with Crippen molar-refractivity contribution >= 4 is 7.92 Å². The van der Waals surface area contributed by atoms with E-state index in [4.69, 9.17) is 0 Å². The second kappa shape index (κ2) is 7.69. The number of hydrogen-bond acceptors (Lipinski definition) is 0. The minimum atomic E-state index is 0.385. The van der Waals surface area contributed by atoms with Crippen LogP contribution in [0, 0.1) is 0 Å². The van der Waals surface area contributed by atoms with E-state index in [1.807, 2.05) is 0 Å². The lowest BCUT2D eigenvalue weighted by Crippen LogP contribution is -2.11. The van der Waals surface area contributed by atoms with Crippen LogP contribution < -0.4 is 0 Å². The highest BCUT2D eigenvalue weighted by Crippen LogP contribution is 2.45. The van der Waals surface area contributed by atoms with Crippen molar-refractivity contribution in [3.05, 3.63) is 0 Å². The largest absolute Gasteiger partial charge is 0.107 e. The molecular weight excluding hydrogens is 187 g/mol. The van der Waals surface area contributed by atoms with Crippen LogP contribution in [0.3, 0.4) is 0 Å². The Kier molecular flexibility index (Phi) is 6.86. The van der Waals surface area contributed by atoms with E-state index < -0.39 is 0 Å². The maximum Gasteiger partial charge on any atom is -0.0212 e. The van der Waals surface area contributed by atoms with Gasteiger partial charge in [-0.1, -0.05) is 45.4 Å². The van der Waals surface area contributed by atoms with Crippen LogP contribution >= 0.6 is 7.92 Å². The zero-order chi connectivity index (χ0) is 10.2. The maximum atomic E-state index is 2.55. The Hall–Kier alpha value is 0.430. The standard InChI is InChI=1S/C13H27P/c1-3-4-5-9-12-14(2)13-10-7-6-8-11-13/h13H,3-12H2,1-2H3. The van der Waals surface area contributed by atoms with Crippen molar-refractivity contribution in [2.24, 2.45) is 0 Å². The quantitative estimate of drug-likeness (QED) is 0.430. The first kappa shape index (κ1) is 12.5. The van der Waals surface area contributed by atoms with Crippen molar-refractivity contribution in [3.63, 3.8) is 0 Å². The number of hydrogen-bond donors (Lipinski definition) is 0. The van der Waals surface area contributed by atoms with Gasteiger partial charge in [0.05, 0.1) is 0 Å². The fourth-order valence-electron chi connectivity index (χ4n) is 2.49. The third-order valence-electron chi connectivity index (χ3n) is 3.56. The fraction of sp³-hybridized carbons (Fsp3) is 1.00. The van der Waals surface area contributed by atoms with Crippen LogP contribution in [0.2, 0.25) is 0 Å². The molecule has 0 nitrogen and oxygen atoms in total. The van der Waals surface area contributed by atoms with Crippen molar-refractivity contribution < 1.29 is 0 Å². The molecule has 1 rings (SSSR count). The second-order valence-electron chi connectivity index (χ2n) is 4.83. The lowest BCUT2D eigenvalue weighted by atomic mass is 10.0. The van der Waals surface area contributed by atoms with Crippen molar-refractivity contribution in [3.8, 4) is 0 Å². The van der Waals surface area contributed by atoms with Gasteiger partial charge in [-0.2, -0.15) is 0 Å². The van der Waals surface area contributed by atoms with Crippen LogP contribution in [0.1, 0.15) is 64.7 Å². The molecule has 14 heavy (non-hydrogen) atoms. The smallest absolute Gasteiger partial charge is 0.0212 e. The second-order valence-corrected chi connectivity index (χ2v) is 7.52. The van der Waals surface area contributed by atoms with Gasteiger partial charge in [0, 0.05) is 0 Å². The molecule has 84 valence electrons. The predicted octanol–water partition coefficient (Wildman–Crippen LogP) is 5.01. The van der Waals surface area contributed by atoms with Gasteiger partial charge in [-0.05, 0) is 37.7 Å². The Morgan fingerprint density at radius 2 is 1.71 bits per heavy atom. The molecule has 1 atom stereocenters. The predicted molar refractivity (Wildman–Crippen MR) is 68.7 cm³/mol. The van der Waals surface area contributed by atoms with Crippen molar-refractivity contribution in [2.75, 3.05) is 12.8 Å². The molecule has 1 heteroatoms. The molecule has 1 aliphatic carbocycles. The van der Waals surface area contributed by atoms with Gasteiger partial charge < -0.3 is 0 Å². The van der Waals surface area contributed by atoms with Crippen LogP contribution in [0.5, 0.6) is 0 Å². The third-order valence-corrected chi connectivity index (χ3v) is 6.35. The molecule has 1 unspecified atom stereocenters. The molecule has 1 saturated carbocycles. The van der Waals surface area contributed by atoms with Gasteiger partial charge in [0.1, 0.15) is 0 Å². The van der Waals surface area contributed by atoms with Crippen LogP contribution in [-0.2, 0) is 0 Å². The molecule has 0 aliphatic heterocycles. The van der Waals surface area contributed by atoms with Crippen molar-refractivity contribution in [1.82, 2.24) is 0 Å². The van der Waals surface area contributed by atoms with E-state index in [1.165, 1.54) is 44.9 Å². The van der Waals surface area contributed by atoms with Crippen LogP contribution in [0.25, 0.3) is 0 Å². The van der Waals surface area contributed by atoms with Crippen LogP contribution in [0.4, 0.5) is 0 Å². The molecule has 0 saturated heterocycles. The highest BCUT2D eigenvalue weighted by molar-refractivity contribution is 7.57. The maximum absolute atomic E-state index is 2.55. The molecule has 0 aromatic carbocycles.